The van der Waals surface area contributed by atoms with Gasteiger partial charge in [0.2, 0.25) is 0 Å². The van der Waals surface area contributed by atoms with Gasteiger partial charge in [0.05, 0.1) is 17.5 Å². The van der Waals surface area contributed by atoms with E-state index in [0.717, 1.165) is 5.56 Å². The van der Waals surface area contributed by atoms with Crippen LogP contribution in [0.15, 0.2) is 48.5 Å². The van der Waals surface area contributed by atoms with Gasteiger partial charge >= 0.3 is 6.61 Å². The summed E-state index contributed by atoms with van der Waals surface area (Å²) >= 11 is 0. The standard InChI is InChI=1S/C20H20F2N4O3/c1-12-18(19(27)23-15-6-4-5-14(11-15)13(2)28-3)24-25-26(12)16-7-9-17(10-8-16)29-20(21)22/h4-11,13,20H,1-3H3,(H,23,27). The molecule has 3 aromatic rings. The van der Waals surface area contributed by atoms with Gasteiger partial charge in [-0.3, -0.25) is 4.79 Å². The van der Waals surface area contributed by atoms with Gasteiger partial charge in [0.25, 0.3) is 5.91 Å². The van der Waals surface area contributed by atoms with Gasteiger partial charge in [-0.15, -0.1) is 5.10 Å². The molecule has 0 bridgehead atoms. The quantitative estimate of drug-likeness (QED) is 0.643. The van der Waals surface area contributed by atoms with E-state index in [1.807, 2.05) is 25.1 Å². The molecule has 1 amide bonds. The Morgan fingerprint density at radius 1 is 1.17 bits per heavy atom. The molecular weight excluding hydrogens is 382 g/mol. The molecule has 29 heavy (non-hydrogen) atoms. The second-order valence-corrected chi connectivity index (χ2v) is 6.27. The lowest BCUT2D eigenvalue weighted by Gasteiger charge is -2.11. The summed E-state index contributed by atoms with van der Waals surface area (Å²) in [5.74, 6) is -0.377. The van der Waals surface area contributed by atoms with Gasteiger partial charge in [-0.05, 0) is 55.8 Å². The monoisotopic (exact) mass is 402 g/mol. The Morgan fingerprint density at radius 2 is 1.90 bits per heavy atom. The van der Waals surface area contributed by atoms with Gasteiger partial charge in [-0.2, -0.15) is 8.78 Å². The van der Waals surface area contributed by atoms with Crippen LogP contribution in [0, 0.1) is 6.92 Å². The molecule has 1 N–H and O–H groups in total. The van der Waals surface area contributed by atoms with Gasteiger partial charge in [0.1, 0.15) is 5.75 Å². The minimum absolute atomic E-state index is 0.0321. The Kier molecular flexibility index (Phi) is 6.18. The molecule has 1 unspecified atom stereocenters. The van der Waals surface area contributed by atoms with Crippen LogP contribution in [-0.2, 0) is 4.74 Å². The molecule has 0 aliphatic heterocycles. The number of anilines is 1. The second kappa shape index (κ2) is 8.78. The lowest BCUT2D eigenvalue weighted by molar-refractivity contribution is -0.0498. The van der Waals surface area contributed by atoms with E-state index in [2.05, 4.69) is 20.4 Å². The van der Waals surface area contributed by atoms with E-state index in [1.54, 1.807) is 32.2 Å². The number of alkyl halides is 2. The highest BCUT2D eigenvalue weighted by Gasteiger charge is 2.18. The molecule has 2 aromatic carbocycles. The summed E-state index contributed by atoms with van der Waals surface area (Å²) in [5, 5.41) is 10.8. The van der Waals surface area contributed by atoms with E-state index < -0.39 is 12.5 Å². The molecule has 7 nitrogen and oxygen atoms in total. The van der Waals surface area contributed by atoms with E-state index in [9.17, 15) is 13.6 Å². The number of hydrogen-bond acceptors (Lipinski definition) is 5. The maximum absolute atomic E-state index is 12.6. The van der Waals surface area contributed by atoms with Crippen LogP contribution in [0.4, 0.5) is 14.5 Å². The van der Waals surface area contributed by atoms with Crippen molar-refractivity contribution in [2.45, 2.75) is 26.6 Å². The molecule has 152 valence electrons. The predicted molar refractivity (Wildman–Crippen MR) is 103 cm³/mol. The topological polar surface area (TPSA) is 78.3 Å². The fraction of sp³-hybridized carbons (Fsp3) is 0.250. The van der Waals surface area contributed by atoms with Crippen LogP contribution in [0.25, 0.3) is 5.69 Å². The van der Waals surface area contributed by atoms with Gasteiger partial charge in [0.15, 0.2) is 5.69 Å². The lowest BCUT2D eigenvalue weighted by Crippen LogP contribution is -2.14. The summed E-state index contributed by atoms with van der Waals surface area (Å²) in [7, 11) is 1.61. The van der Waals surface area contributed by atoms with Crippen molar-refractivity contribution < 1.29 is 23.0 Å². The highest BCUT2D eigenvalue weighted by Crippen LogP contribution is 2.21. The third-order valence-corrected chi connectivity index (χ3v) is 4.38. The van der Waals surface area contributed by atoms with Crippen molar-refractivity contribution in [2.75, 3.05) is 12.4 Å². The zero-order valence-corrected chi connectivity index (χ0v) is 16.1. The van der Waals surface area contributed by atoms with Crippen molar-refractivity contribution >= 4 is 11.6 Å². The molecule has 0 radical (unpaired) electrons. The third-order valence-electron chi connectivity index (χ3n) is 4.38. The van der Waals surface area contributed by atoms with Crippen molar-refractivity contribution in [3.63, 3.8) is 0 Å². The van der Waals surface area contributed by atoms with Crippen LogP contribution < -0.4 is 10.1 Å². The molecular formula is C20H20F2N4O3. The number of carbonyl (C=O) groups excluding carboxylic acids is 1. The zero-order valence-electron chi connectivity index (χ0n) is 16.1. The first kappa shape index (κ1) is 20.4. The largest absolute Gasteiger partial charge is 0.435 e. The summed E-state index contributed by atoms with van der Waals surface area (Å²) in [6.07, 6.45) is -0.105. The van der Waals surface area contributed by atoms with Gasteiger partial charge in [0, 0.05) is 12.8 Å². The number of hydrogen-bond donors (Lipinski definition) is 1. The molecule has 0 saturated heterocycles. The van der Waals surface area contributed by atoms with Crippen LogP contribution in [-0.4, -0.2) is 34.6 Å². The lowest BCUT2D eigenvalue weighted by atomic mass is 10.1. The maximum atomic E-state index is 12.6. The van der Waals surface area contributed by atoms with Crippen molar-refractivity contribution in [3.05, 3.63) is 65.5 Å². The fourth-order valence-corrected chi connectivity index (χ4v) is 2.75. The molecule has 3 rings (SSSR count). The van der Waals surface area contributed by atoms with Crippen LogP contribution >= 0.6 is 0 Å². The average Bonchev–Trinajstić information content (AvgIpc) is 3.09. The molecule has 0 aliphatic rings. The Balaban J connectivity index is 1.77. The fourth-order valence-electron chi connectivity index (χ4n) is 2.75. The smallest absolute Gasteiger partial charge is 0.387 e. The highest BCUT2D eigenvalue weighted by atomic mass is 19.3. The molecule has 0 aliphatic carbocycles. The number of aromatic nitrogens is 3. The molecule has 0 saturated carbocycles. The Labute approximate surface area is 166 Å². The number of rotatable bonds is 7. The number of amides is 1. The average molecular weight is 402 g/mol. The molecule has 1 heterocycles. The molecule has 0 spiro atoms. The summed E-state index contributed by atoms with van der Waals surface area (Å²) in [4.78, 5) is 12.6. The molecule has 9 heteroatoms. The van der Waals surface area contributed by atoms with Crippen LogP contribution in [0.5, 0.6) is 5.75 Å². The van der Waals surface area contributed by atoms with Gasteiger partial charge in [-0.25, -0.2) is 4.68 Å². The highest BCUT2D eigenvalue weighted by molar-refractivity contribution is 6.03. The van der Waals surface area contributed by atoms with Crippen LogP contribution in [0.3, 0.4) is 0 Å². The van der Waals surface area contributed by atoms with Crippen LogP contribution in [0.1, 0.15) is 34.8 Å². The first-order valence-corrected chi connectivity index (χ1v) is 8.80. The third kappa shape index (κ3) is 4.75. The zero-order chi connectivity index (χ0) is 21.0. The SMILES string of the molecule is COC(C)c1cccc(NC(=O)c2nnn(-c3ccc(OC(F)F)cc3)c2C)c1. The normalized spacial score (nSPS) is 12.1. The van der Waals surface area contributed by atoms with E-state index in [-0.39, 0.29) is 17.5 Å². The predicted octanol–water partition coefficient (Wildman–Crippen LogP) is 4.14. The molecule has 0 fully saturated rings. The molecule has 1 aromatic heterocycles. The summed E-state index contributed by atoms with van der Waals surface area (Å²) in [5.41, 5.74) is 2.76. The van der Waals surface area contributed by atoms with E-state index in [4.69, 9.17) is 4.74 Å². The van der Waals surface area contributed by atoms with E-state index in [0.29, 0.717) is 17.1 Å². The van der Waals surface area contributed by atoms with Crippen LogP contribution in [0.2, 0.25) is 0 Å². The number of halogens is 2. The van der Waals surface area contributed by atoms with Gasteiger partial charge < -0.3 is 14.8 Å². The molecule has 1 atom stereocenters. The van der Waals surface area contributed by atoms with Crippen molar-refractivity contribution in [1.82, 2.24) is 15.0 Å². The van der Waals surface area contributed by atoms with Crippen molar-refractivity contribution in [3.8, 4) is 11.4 Å². The van der Waals surface area contributed by atoms with Gasteiger partial charge in [-0.1, -0.05) is 17.3 Å². The van der Waals surface area contributed by atoms with E-state index >= 15 is 0 Å². The number of carbonyl (C=O) groups is 1. The number of nitrogens with zero attached hydrogens (tertiary/aromatic N) is 3. The van der Waals surface area contributed by atoms with Crippen molar-refractivity contribution in [2.24, 2.45) is 0 Å². The summed E-state index contributed by atoms with van der Waals surface area (Å²) < 4.78 is 35.6. The number of methoxy groups -OCH3 is 1. The number of ether oxygens (including phenoxy) is 2. The first-order valence-electron chi connectivity index (χ1n) is 8.80. The Bertz CT molecular complexity index is 990. The number of benzene rings is 2. The summed E-state index contributed by atoms with van der Waals surface area (Å²) in [6.45, 7) is 0.713. The second-order valence-electron chi connectivity index (χ2n) is 6.27. The maximum Gasteiger partial charge on any atom is 0.387 e. The first-order chi connectivity index (χ1) is 13.9. The van der Waals surface area contributed by atoms with Crippen molar-refractivity contribution in [1.29, 1.82) is 0 Å². The van der Waals surface area contributed by atoms with E-state index in [1.165, 1.54) is 16.8 Å². The minimum atomic E-state index is -2.89. The minimum Gasteiger partial charge on any atom is -0.435 e. The Morgan fingerprint density at radius 3 is 2.55 bits per heavy atom. The number of nitrogens with one attached hydrogen (secondary N) is 1. The summed E-state index contributed by atoms with van der Waals surface area (Å²) in [6, 6.07) is 13.2. The Hall–Kier alpha value is -3.33.